The first kappa shape index (κ1) is 19.2. The van der Waals surface area contributed by atoms with E-state index in [2.05, 4.69) is 20.5 Å². The fourth-order valence-corrected chi connectivity index (χ4v) is 5.22. The lowest BCUT2D eigenvalue weighted by molar-refractivity contribution is -0.140. The summed E-state index contributed by atoms with van der Waals surface area (Å²) < 4.78 is 62.6. The average Bonchev–Trinajstić information content (AvgIpc) is 3.39. The van der Waals surface area contributed by atoms with Crippen molar-refractivity contribution in [2.24, 2.45) is 17.8 Å². The number of ether oxygens (including phenoxy) is 1. The maximum absolute atomic E-state index is 13.2. The molecule has 3 fully saturated rings. The highest BCUT2D eigenvalue weighted by atomic mass is 19.4. The van der Waals surface area contributed by atoms with Crippen LogP contribution in [0.4, 0.5) is 19.0 Å². The molecule has 2 saturated heterocycles. The second-order valence-corrected chi connectivity index (χ2v) is 8.98. The van der Waals surface area contributed by atoms with Crippen LogP contribution < -0.4 is 5.32 Å². The predicted octanol–water partition coefficient (Wildman–Crippen LogP) is 4.11. The highest BCUT2D eigenvalue weighted by Crippen LogP contribution is 2.40. The van der Waals surface area contributed by atoms with Crippen molar-refractivity contribution in [1.29, 1.82) is 0 Å². The molecule has 2 aliphatic heterocycles. The zero-order chi connectivity index (χ0) is 23.9. The van der Waals surface area contributed by atoms with Gasteiger partial charge in [-0.15, -0.1) is 10.2 Å². The van der Waals surface area contributed by atoms with Crippen LogP contribution in [0.2, 0.25) is 0 Å². The van der Waals surface area contributed by atoms with Crippen LogP contribution in [-0.4, -0.2) is 58.9 Å². The Morgan fingerprint density at radius 1 is 1.16 bits per heavy atom. The Morgan fingerprint density at radius 3 is 2.62 bits per heavy atom. The number of pyridine rings is 1. The molecule has 4 heterocycles. The summed E-state index contributed by atoms with van der Waals surface area (Å²) in [6.45, 7) is 1.33. The summed E-state index contributed by atoms with van der Waals surface area (Å²) in [5.41, 5.74) is -0.946. The molecule has 2 unspecified atom stereocenters. The first-order chi connectivity index (χ1) is 16.2. The fraction of sp³-hybridized carbons (Fsp3) is 0.609. The van der Waals surface area contributed by atoms with E-state index in [-0.39, 0.29) is 23.2 Å². The van der Waals surface area contributed by atoms with Gasteiger partial charge in [-0.25, -0.2) is 0 Å². The van der Waals surface area contributed by atoms with Gasteiger partial charge in [0, 0.05) is 46.7 Å². The second kappa shape index (κ2) is 8.94. The maximum Gasteiger partial charge on any atom is 0.434 e. The third-order valence-corrected chi connectivity index (χ3v) is 6.65. The van der Waals surface area contributed by atoms with Crippen LogP contribution in [0.15, 0.2) is 30.5 Å². The van der Waals surface area contributed by atoms with E-state index in [4.69, 9.17) is 7.48 Å². The lowest BCUT2D eigenvalue weighted by Gasteiger charge is -2.27. The molecule has 0 spiro atoms. The molecule has 5 rings (SSSR count). The van der Waals surface area contributed by atoms with Gasteiger partial charge in [-0.1, -0.05) is 0 Å². The Balaban J connectivity index is 1.19. The van der Waals surface area contributed by atoms with Gasteiger partial charge in [0.05, 0.1) is 12.3 Å². The molecule has 32 heavy (non-hydrogen) atoms. The van der Waals surface area contributed by atoms with Crippen LogP contribution in [-0.2, 0) is 10.9 Å². The van der Waals surface area contributed by atoms with Crippen LogP contribution in [0.5, 0.6) is 0 Å². The molecular weight excluding hydrogens is 419 g/mol. The van der Waals surface area contributed by atoms with Crippen LogP contribution in [0.25, 0.3) is 11.3 Å². The van der Waals surface area contributed by atoms with Gasteiger partial charge in [0.1, 0.15) is 5.82 Å². The summed E-state index contributed by atoms with van der Waals surface area (Å²) in [5, 5.41) is 11.5. The Kier molecular flexibility index (Phi) is 5.37. The molecule has 2 aromatic heterocycles. The van der Waals surface area contributed by atoms with Crippen molar-refractivity contribution in [2.75, 3.05) is 38.1 Å². The van der Waals surface area contributed by atoms with Gasteiger partial charge >= 0.3 is 6.18 Å². The van der Waals surface area contributed by atoms with Crippen molar-refractivity contribution < 1.29 is 20.6 Å². The number of nitrogens with zero attached hydrogens (tertiary/aromatic N) is 4. The monoisotopic (exact) mass is 449 g/mol. The molecule has 1 N–H and O–H groups in total. The van der Waals surface area contributed by atoms with E-state index in [9.17, 15) is 13.2 Å². The number of halogens is 3. The normalized spacial score (nSPS) is 30.0. The summed E-state index contributed by atoms with van der Waals surface area (Å²) >= 11 is 0. The van der Waals surface area contributed by atoms with Gasteiger partial charge in [-0.05, 0) is 67.7 Å². The lowest BCUT2D eigenvalue weighted by atomic mass is 10.0. The lowest BCUT2D eigenvalue weighted by Crippen LogP contribution is -2.33. The van der Waals surface area contributed by atoms with Gasteiger partial charge < -0.3 is 15.0 Å². The molecule has 0 aromatic carbocycles. The smallest absolute Gasteiger partial charge is 0.381 e. The zero-order valence-electron chi connectivity index (χ0n) is 19.7. The summed E-state index contributed by atoms with van der Waals surface area (Å²) in [6.07, 6.45) is 0.133. The topological polar surface area (TPSA) is 63.2 Å². The average molecular weight is 450 g/mol. The highest BCUT2D eigenvalue weighted by Gasteiger charge is 2.41. The van der Waals surface area contributed by atoms with Crippen molar-refractivity contribution >= 4 is 5.82 Å². The number of rotatable bonds is 5. The molecule has 9 heteroatoms. The molecule has 3 aliphatic rings. The second-order valence-electron chi connectivity index (χ2n) is 8.98. The molecule has 3 atom stereocenters. The molecular formula is C23H28F3N5O. The third kappa shape index (κ3) is 4.73. The van der Waals surface area contributed by atoms with Crippen LogP contribution >= 0.6 is 0 Å². The fourth-order valence-electron chi connectivity index (χ4n) is 5.22. The first-order valence-electron chi connectivity index (χ1n) is 12.2. The molecule has 1 saturated carbocycles. The van der Waals surface area contributed by atoms with Crippen molar-refractivity contribution in [3.05, 3.63) is 36.2 Å². The van der Waals surface area contributed by atoms with E-state index in [1.807, 2.05) is 4.90 Å². The number of likely N-dealkylation sites (tertiary alicyclic amines) is 1. The number of nitrogens with one attached hydrogen (secondary N) is 1. The number of aromatic nitrogens is 3. The minimum Gasteiger partial charge on any atom is -0.381 e. The van der Waals surface area contributed by atoms with Gasteiger partial charge in [0.25, 0.3) is 0 Å². The minimum absolute atomic E-state index is 0.0829. The van der Waals surface area contributed by atoms with Crippen molar-refractivity contribution in [2.45, 2.75) is 37.9 Å². The molecule has 6 nitrogen and oxygen atoms in total. The Morgan fingerprint density at radius 2 is 1.97 bits per heavy atom. The number of anilines is 1. The SMILES string of the molecule is [2H]C([2H])([C@@H]1CCCOC1)N1CC2CC(Nc3ccc(-c4cccnc4C(F)(F)F)nn3)CC2C1. The Bertz CT molecular complexity index is 987. The highest BCUT2D eigenvalue weighted by molar-refractivity contribution is 5.62. The van der Waals surface area contributed by atoms with E-state index in [1.54, 1.807) is 6.07 Å². The number of fused-ring (bicyclic) bond motifs is 1. The van der Waals surface area contributed by atoms with Crippen molar-refractivity contribution in [1.82, 2.24) is 20.1 Å². The third-order valence-electron chi connectivity index (χ3n) is 6.65. The largest absolute Gasteiger partial charge is 0.434 e. The van der Waals surface area contributed by atoms with E-state index < -0.39 is 18.4 Å². The molecule has 172 valence electrons. The van der Waals surface area contributed by atoms with Crippen LogP contribution in [0.1, 0.15) is 34.1 Å². The predicted molar refractivity (Wildman–Crippen MR) is 114 cm³/mol. The minimum atomic E-state index is -4.57. The summed E-state index contributed by atoms with van der Waals surface area (Å²) in [5.74, 6) is 1.27. The first-order valence-corrected chi connectivity index (χ1v) is 11.2. The summed E-state index contributed by atoms with van der Waals surface area (Å²) in [4.78, 5) is 5.47. The van der Waals surface area contributed by atoms with Gasteiger partial charge in [-0.2, -0.15) is 13.2 Å². The Labute approximate surface area is 188 Å². The molecule has 0 radical (unpaired) electrons. The zero-order valence-corrected chi connectivity index (χ0v) is 17.7. The summed E-state index contributed by atoms with van der Waals surface area (Å²) in [6, 6.07) is 6.15. The van der Waals surface area contributed by atoms with Gasteiger partial charge in [-0.3, -0.25) is 4.98 Å². The molecule has 1 aliphatic carbocycles. The molecule has 0 amide bonds. The van der Waals surface area contributed by atoms with E-state index in [1.165, 1.54) is 18.2 Å². The van der Waals surface area contributed by atoms with Crippen LogP contribution in [0, 0.1) is 17.8 Å². The summed E-state index contributed by atoms with van der Waals surface area (Å²) in [7, 11) is 0. The van der Waals surface area contributed by atoms with Crippen molar-refractivity contribution in [3.8, 4) is 11.3 Å². The van der Waals surface area contributed by atoms with Gasteiger partial charge in [0.15, 0.2) is 5.69 Å². The van der Waals surface area contributed by atoms with Gasteiger partial charge in [0.2, 0.25) is 0 Å². The Hall–Kier alpha value is -2.26. The number of alkyl halides is 3. The number of hydrogen-bond donors (Lipinski definition) is 1. The molecule has 2 aromatic rings. The molecule has 0 bridgehead atoms. The van der Waals surface area contributed by atoms with Crippen LogP contribution in [0.3, 0.4) is 0 Å². The number of hydrogen-bond acceptors (Lipinski definition) is 6. The maximum atomic E-state index is 13.2. The van der Waals surface area contributed by atoms with Crippen molar-refractivity contribution in [3.63, 3.8) is 0 Å². The van der Waals surface area contributed by atoms with E-state index in [0.29, 0.717) is 24.3 Å². The quantitative estimate of drug-likeness (QED) is 0.742. The van der Waals surface area contributed by atoms with E-state index in [0.717, 1.165) is 51.6 Å². The standard InChI is InChI=1S/C23H28F3N5O/c24-23(25,26)22-19(4-1-7-27-22)20-5-6-21(30-29-20)28-18-9-16-12-31(13-17(16)10-18)11-15-3-2-8-32-14-15/h1,4-7,15-18H,2-3,8-14H2,(H,28,30)/t15-,16?,17?,18?/m0/s1/i11D2. The van der Waals surface area contributed by atoms with E-state index >= 15 is 0 Å².